The number of nitrogens with one attached hydrogen (secondary N) is 3. The number of carbonyl (C=O) groups is 4. The predicted molar refractivity (Wildman–Crippen MR) is 118 cm³/mol. The van der Waals surface area contributed by atoms with Gasteiger partial charge in [-0.25, -0.2) is 4.79 Å². The molecule has 1 saturated heterocycles. The summed E-state index contributed by atoms with van der Waals surface area (Å²) in [7, 11) is -2.61. The van der Waals surface area contributed by atoms with Crippen LogP contribution in [0.2, 0.25) is 0 Å². The van der Waals surface area contributed by atoms with E-state index in [0.29, 0.717) is 19.4 Å². The molecule has 1 rings (SSSR count). The quantitative estimate of drug-likeness (QED) is 0.385. The van der Waals surface area contributed by atoms with Crippen LogP contribution in [0.5, 0.6) is 0 Å². The number of nitrogens with zero attached hydrogens (tertiary/aromatic N) is 1. The standard InChI is InChI=1S/C20H35N4O7P/c1-11(2)17(32(29)30)23-16(26)14-9-8-10-24(14)18(27)13(4)21-15(25)12(3)22-19(28)31-20(5,6)7/h11-14,17H,8-10H2,1-7H3,(H3-,21,22,23,25,26,28,29,30)/p+1/t12-,13-,14-,17+/m0/s1. The number of amides is 4. The van der Waals surface area contributed by atoms with Gasteiger partial charge in [-0.15, -0.1) is 0 Å². The number of rotatable bonds is 8. The molecule has 1 aliphatic heterocycles. The second kappa shape index (κ2) is 11.6. The van der Waals surface area contributed by atoms with Gasteiger partial charge < -0.3 is 25.6 Å². The molecule has 11 nitrogen and oxygen atoms in total. The Balaban J connectivity index is 2.71. The van der Waals surface area contributed by atoms with E-state index in [1.54, 1.807) is 34.6 Å². The summed E-state index contributed by atoms with van der Waals surface area (Å²) >= 11 is 0. The molecule has 0 aromatic heterocycles. The number of hydrogen-bond donors (Lipinski definition) is 4. The largest absolute Gasteiger partial charge is 0.530 e. The highest BCUT2D eigenvalue weighted by atomic mass is 31.1. The van der Waals surface area contributed by atoms with Crippen LogP contribution in [0.3, 0.4) is 0 Å². The van der Waals surface area contributed by atoms with E-state index in [0.717, 1.165) is 0 Å². The molecule has 182 valence electrons. The van der Waals surface area contributed by atoms with Crippen molar-refractivity contribution in [1.29, 1.82) is 0 Å². The summed E-state index contributed by atoms with van der Waals surface area (Å²) in [5.41, 5.74) is -0.716. The fraction of sp³-hybridized carbons (Fsp3) is 0.800. The van der Waals surface area contributed by atoms with Crippen molar-refractivity contribution >= 4 is 31.8 Å². The van der Waals surface area contributed by atoms with Crippen LogP contribution in [-0.4, -0.2) is 69.7 Å². The normalized spacial score (nSPS) is 19.6. The van der Waals surface area contributed by atoms with Crippen LogP contribution >= 0.6 is 8.03 Å². The lowest BCUT2D eigenvalue weighted by Gasteiger charge is -2.28. The third-order valence-corrected chi connectivity index (χ3v) is 6.06. The van der Waals surface area contributed by atoms with Crippen LogP contribution in [0, 0.1) is 5.92 Å². The van der Waals surface area contributed by atoms with Crippen molar-refractivity contribution in [2.24, 2.45) is 5.92 Å². The van der Waals surface area contributed by atoms with E-state index in [9.17, 15) is 28.6 Å². The molecule has 1 aliphatic rings. The number of hydrogen-bond acceptors (Lipinski definition) is 6. The summed E-state index contributed by atoms with van der Waals surface area (Å²) in [6.07, 6.45) is 0.262. The molecule has 1 heterocycles. The highest BCUT2D eigenvalue weighted by Gasteiger charge is 2.41. The first-order chi connectivity index (χ1) is 14.6. The van der Waals surface area contributed by atoms with E-state index in [-0.39, 0.29) is 5.92 Å². The molecule has 12 heteroatoms. The zero-order valence-electron chi connectivity index (χ0n) is 19.8. The average molecular weight is 476 g/mol. The Morgan fingerprint density at radius 2 is 1.62 bits per heavy atom. The van der Waals surface area contributed by atoms with Gasteiger partial charge in [0.25, 0.3) is 5.78 Å². The molecule has 4 amide bonds. The molecule has 0 saturated carbocycles. The smallest absolute Gasteiger partial charge is 0.444 e. The number of ether oxygens (including phenoxy) is 1. The minimum Gasteiger partial charge on any atom is -0.444 e. The highest BCUT2D eigenvalue weighted by molar-refractivity contribution is 7.38. The summed E-state index contributed by atoms with van der Waals surface area (Å²) in [6, 6.07) is -2.66. The Hall–Kier alpha value is -2.26. The first-order valence-corrected chi connectivity index (χ1v) is 12.0. The van der Waals surface area contributed by atoms with Crippen molar-refractivity contribution in [3.8, 4) is 0 Å². The van der Waals surface area contributed by atoms with E-state index in [2.05, 4.69) is 16.0 Å². The SMILES string of the molecule is CC(C)[C@H](NC(=O)[C@@H]1CCCN1C(=O)[C@H](C)NC(=O)[C@H](C)NC(=O)OC(C)(C)C)[P+](=O)O. The van der Waals surface area contributed by atoms with Crippen LogP contribution in [0.1, 0.15) is 61.3 Å². The van der Waals surface area contributed by atoms with Crippen LogP contribution in [0.4, 0.5) is 4.79 Å². The summed E-state index contributed by atoms with van der Waals surface area (Å²) in [4.78, 5) is 60.6. The van der Waals surface area contributed by atoms with E-state index in [1.807, 2.05) is 0 Å². The maximum absolute atomic E-state index is 12.9. The minimum absolute atomic E-state index is 0.254. The molecule has 1 unspecified atom stereocenters. The zero-order valence-corrected chi connectivity index (χ0v) is 20.7. The van der Waals surface area contributed by atoms with Crippen molar-refractivity contribution in [2.75, 3.05) is 6.54 Å². The predicted octanol–water partition coefficient (Wildman–Crippen LogP) is 1.23. The van der Waals surface area contributed by atoms with Gasteiger partial charge in [0.1, 0.15) is 23.7 Å². The fourth-order valence-corrected chi connectivity index (χ4v) is 3.97. The Morgan fingerprint density at radius 3 is 2.12 bits per heavy atom. The molecule has 0 aromatic carbocycles. The van der Waals surface area contributed by atoms with Crippen molar-refractivity contribution in [1.82, 2.24) is 20.9 Å². The minimum atomic E-state index is -2.61. The molecule has 0 aliphatic carbocycles. The Morgan fingerprint density at radius 1 is 1.03 bits per heavy atom. The van der Waals surface area contributed by atoms with Gasteiger partial charge in [-0.2, -0.15) is 4.89 Å². The Labute approximate surface area is 189 Å². The van der Waals surface area contributed by atoms with Gasteiger partial charge in [-0.05, 0) is 52.0 Å². The summed E-state index contributed by atoms with van der Waals surface area (Å²) in [5.74, 6) is -2.68. The molecule has 0 radical (unpaired) electrons. The van der Waals surface area contributed by atoms with Crippen molar-refractivity contribution < 1.29 is 33.4 Å². The van der Waals surface area contributed by atoms with Gasteiger partial charge >= 0.3 is 14.1 Å². The Kier molecular flexibility index (Phi) is 10.0. The van der Waals surface area contributed by atoms with Gasteiger partial charge in [0, 0.05) is 12.5 Å². The van der Waals surface area contributed by atoms with Crippen molar-refractivity contribution in [3.63, 3.8) is 0 Å². The van der Waals surface area contributed by atoms with Gasteiger partial charge in [0.05, 0.1) is 0 Å². The monoisotopic (exact) mass is 475 g/mol. The van der Waals surface area contributed by atoms with Gasteiger partial charge in [0.2, 0.25) is 17.7 Å². The summed E-state index contributed by atoms with van der Waals surface area (Å²) < 4.78 is 16.6. The molecule has 4 N–H and O–H groups in total. The van der Waals surface area contributed by atoms with Crippen LogP contribution in [0.25, 0.3) is 0 Å². The maximum atomic E-state index is 12.9. The third-order valence-electron chi connectivity index (χ3n) is 4.85. The maximum Gasteiger partial charge on any atom is 0.530 e. The van der Waals surface area contributed by atoms with Gasteiger partial charge in [-0.3, -0.25) is 14.4 Å². The van der Waals surface area contributed by atoms with Crippen molar-refractivity contribution in [2.45, 2.75) is 90.8 Å². The lowest BCUT2D eigenvalue weighted by Crippen LogP contribution is -2.56. The first-order valence-electron chi connectivity index (χ1n) is 10.7. The van der Waals surface area contributed by atoms with E-state index >= 15 is 0 Å². The third kappa shape index (κ3) is 8.35. The molecular formula is C20H36N4O7P+. The fourth-order valence-electron chi connectivity index (χ4n) is 3.22. The second-order valence-electron chi connectivity index (χ2n) is 9.29. The summed E-state index contributed by atoms with van der Waals surface area (Å²) in [6.45, 7) is 11.8. The highest BCUT2D eigenvalue weighted by Crippen LogP contribution is 2.27. The lowest BCUT2D eigenvalue weighted by atomic mass is 10.1. The zero-order chi connectivity index (χ0) is 24.8. The van der Waals surface area contributed by atoms with Gasteiger partial charge in [0.15, 0.2) is 0 Å². The second-order valence-corrected chi connectivity index (χ2v) is 10.4. The molecule has 1 fully saturated rings. The van der Waals surface area contributed by atoms with E-state index in [4.69, 9.17) is 4.74 Å². The molecule has 5 atom stereocenters. The molecule has 0 bridgehead atoms. The Bertz CT molecular complexity index is 738. The number of carbonyl (C=O) groups excluding carboxylic acids is 4. The van der Waals surface area contributed by atoms with Crippen LogP contribution < -0.4 is 16.0 Å². The summed E-state index contributed by atoms with van der Waals surface area (Å²) in [5, 5.41) is 7.51. The lowest BCUT2D eigenvalue weighted by molar-refractivity contribution is -0.141. The topological polar surface area (TPSA) is 154 Å². The average Bonchev–Trinajstić information content (AvgIpc) is 3.12. The molecular weight excluding hydrogens is 439 g/mol. The number of alkyl carbamates (subject to hydrolysis) is 1. The molecule has 32 heavy (non-hydrogen) atoms. The van der Waals surface area contributed by atoms with Crippen molar-refractivity contribution in [3.05, 3.63) is 0 Å². The first kappa shape index (κ1) is 27.8. The van der Waals surface area contributed by atoms with E-state index < -0.39 is 61.4 Å². The van der Waals surface area contributed by atoms with E-state index in [1.165, 1.54) is 18.7 Å². The number of likely N-dealkylation sites (tertiary alicyclic amines) is 1. The molecule has 0 aromatic rings. The van der Waals surface area contributed by atoms with Crippen LogP contribution in [-0.2, 0) is 23.7 Å². The van der Waals surface area contributed by atoms with Gasteiger partial charge in [-0.1, -0.05) is 13.8 Å². The molecule has 0 spiro atoms. The van der Waals surface area contributed by atoms with Crippen LogP contribution in [0.15, 0.2) is 0 Å².